The number of unbranched alkanes of at least 4 members (excludes halogenated alkanes) is 4. The fraction of sp³-hybridized carbons (Fsp3) is 0.611. The molecular formula is C18H30O4. The molecule has 0 fully saturated rings. The molecule has 0 aromatic rings. The maximum absolute atomic E-state index is 10.3. The van der Waals surface area contributed by atoms with Gasteiger partial charge in [0.1, 0.15) is 0 Å². The second kappa shape index (κ2) is 14.5. The van der Waals surface area contributed by atoms with Crippen molar-refractivity contribution in [3.63, 3.8) is 0 Å². The molecule has 22 heavy (non-hydrogen) atoms. The Bertz CT molecular complexity index is 358. The van der Waals surface area contributed by atoms with Crippen molar-refractivity contribution in [2.75, 3.05) is 0 Å². The van der Waals surface area contributed by atoms with E-state index in [2.05, 4.69) is 0 Å². The van der Waals surface area contributed by atoms with E-state index in [0.29, 0.717) is 6.42 Å². The number of carbonyl (C=O) groups is 1. The molecule has 0 amide bonds. The first-order valence-electron chi connectivity index (χ1n) is 8.15. The fourth-order valence-corrected chi connectivity index (χ4v) is 1.91. The third kappa shape index (κ3) is 15.0. The number of aliphatic hydroxyl groups is 2. The lowest BCUT2D eigenvalue weighted by Gasteiger charge is -2.04. The van der Waals surface area contributed by atoms with Gasteiger partial charge in [0.25, 0.3) is 0 Å². The van der Waals surface area contributed by atoms with Gasteiger partial charge in [-0.1, -0.05) is 69.1 Å². The zero-order chi connectivity index (χ0) is 16.6. The van der Waals surface area contributed by atoms with Crippen molar-refractivity contribution in [2.24, 2.45) is 0 Å². The Morgan fingerprint density at radius 2 is 1.41 bits per heavy atom. The van der Waals surface area contributed by atoms with Crippen LogP contribution >= 0.6 is 0 Å². The lowest BCUT2D eigenvalue weighted by Crippen LogP contribution is -2.01. The fourth-order valence-electron chi connectivity index (χ4n) is 1.91. The third-order valence-electron chi connectivity index (χ3n) is 3.31. The van der Waals surface area contributed by atoms with Crippen LogP contribution in [0, 0.1) is 0 Å². The van der Waals surface area contributed by atoms with E-state index in [1.165, 1.54) is 0 Å². The van der Waals surface area contributed by atoms with Crippen molar-refractivity contribution in [1.29, 1.82) is 0 Å². The summed E-state index contributed by atoms with van der Waals surface area (Å²) in [7, 11) is 0. The molecular weight excluding hydrogens is 280 g/mol. The second-order valence-electron chi connectivity index (χ2n) is 5.40. The van der Waals surface area contributed by atoms with Crippen LogP contribution in [-0.2, 0) is 4.79 Å². The van der Waals surface area contributed by atoms with Gasteiger partial charge in [-0.05, 0) is 19.3 Å². The molecule has 2 atom stereocenters. The Hall–Kier alpha value is -1.39. The number of rotatable bonds is 13. The van der Waals surface area contributed by atoms with Crippen molar-refractivity contribution in [2.45, 2.75) is 70.5 Å². The highest BCUT2D eigenvalue weighted by molar-refractivity contribution is 5.66. The van der Waals surface area contributed by atoms with Crippen molar-refractivity contribution >= 4 is 5.97 Å². The van der Waals surface area contributed by atoms with E-state index in [1.54, 1.807) is 24.3 Å². The van der Waals surface area contributed by atoms with E-state index in [-0.39, 0.29) is 6.42 Å². The van der Waals surface area contributed by atoms with Crippen LogP contribution in [0.5, 0.6) is 0 Å². The van der Waals surface area contributed by atoms with Crippen LogP contribution in [-0.4, -0.2) is 33.5 Å². The number of allylic oxidation sites excluding steroid dienone is 4. The quantitative estimate of drug-likeness (QED) is 0.359. The van der Waals surface area contributed by atoms with Crippen molar-refractivity contribution in [3.05, 3.63) is 36.5 Å². The van der Waals surface area contributed by atoms with Gasteiger partial charge in [-0.3, -0.25) is 4.79 Å². The molecule has 3 N–H and O–H groups in total. The SMILES string of the molecule is CCC(O)/C=C/C=C/C=C/C(O)CCCCCCCC(=O)O. The van der Waals surface area contributed by atoms with Crippen LogP contribution in [0.15, 0.2) is 36.5 Å². The monoisotopic (exact) mass is 310 g/mol. The summed E-state index contributed by atoms with van der Waals surface area (Å²) in [5.41, 5.74) is 0. The predicted octanol–water partition coefficient (Wildman–Crippen LogP) is 3.60. The van der Waals surface area contributed by atoms with E-state index >= 15 is 0 Å². The van der Waals surface area contributed by atoms with Crippen LogP contribution in [0.2, 0.25) is 0 Å². The Kier molecular flexibility index (Phi) is 13.6. The molecule has 0 aliphatic heterocycles. The highest BCUT2D eigenvalue weighted by atomic mass is 16.4. The minimum atomic E-state index is -0.729. The molecule has 0 bridgehead atoms. The summed E-state index contributed by atoms with van der Waals surface area (Å²) in [6.45, 7) is 1.92. The Morgan fingerprint density at radius 1 is 0.864 bits per heavy atom. The number of carboxylic acid groups (broad SMARTS) is 1. The lowest BCUT2D eigenvalue weighted by molar-refractivity contribution is -0.137. The molecule has 4 nitrogen and oxygen atoms in total. The first-order valence-corrected chi connectivity index (χ1v) is 8.15. The number of aliphatic hydroxyl groups excluding tert-OH is 2. The van der Waals surface area contributed by atoms with E-state index in [1.807, 2.05) is 19.1 Å². The van der Waals surface area contributed by atoms with Gasteiger partial charge in [-0.25, -0.2) is 0 Å². The molecule has 0 aromatic heterocycles. The standard InChI is InChI=1S/C18H30O4/c1-2-16(19)12-8-6-7-10-14-17(20)13-9-4-3-5-11-15-18(21)22/h6-8,10,12,14,16-17,19-20H,2-5,9,11,13,15H2,1H3,(H,21,22)/b7-6+,12-8+,14-10+. The number of hydrogen-bond acceptors (Lipinski definition) is 3. The average Bonchev–Trinajstić information content (AvgIpc) is 2.49. The molecule has 0 aromatic carbocycles. The van der Waals surface area contributed by atoms with E-state index in [4.69, 9.17) is 5.11 Å². The molecule has 0 saturated carbocycles. The Morgan fingerprint density at radius 3 is 2.00 bits per heavy atom. The van der Waals surface area contributed by atoms with Crippen LogP contribution in [0.4, 0.5) is 0 Å². The van der Waals surface area contributed by atoms with Crippen molar-refractivity contribution in [3.8, 4) is 0 Å². The molecule has 126 valence electrons. The summed E-state index contributed by atoms with van der Waals surface area (Å²) in [4.78, 5) is 10.3. The zero-order valence-electron chi connectivity index (χ0n) is 13.5. The molecule has 0 radical (unpaired) electrons. The van der Waals surface area contributed by atoms with Gasteiger partial charge < -0.3 is 15.3 Å². The number of aliphatic carboxylic acids is 1. The number of carboxylic acids is 1. The van der Waals surface area contributed by atoms with Gasteiger partial charge in [0.05, 0.1) is 12.2 Å². The molecule has 0 rings (SSSR count). The minimum absolute atomic E-state index is 0.251. The summed E-state index contributed by atoms with van der Waals surface area (Å²) in [6, 6.07) is 0. The van der Waals surface area contributed by atoms with E-state index < -0.39 is 18.2 Å². The van der Waals surface area contributed by atoms with Crippen molar-refractivity contribution < 1.29 is 20.1 Å². The highest BCUT2D eigenvalue weighted by Crippen LogP contribution is 2.09. The van der Waals surface area contributed by atoms with Gasteiger partial charge in [0.15, 0.2) is 0 Å². The van der Waals surface area contributed by atoms with Gasteiger partial charge >= 0.3 is 5.97 Å². The molecule has 4 heteroatoms. The second-order valence-corrected chi connectivity index (χ2v) is 5.40. The first-order chi connectivity index (χ1) is 10.6. The van der Waals surface area contributed by atoms with Gasteiger partial charge in [0.2, 0.25) is 0 Å². The predicted molar refractivity (Wildman–Crippen MR) is 89.7 cm³/mol. The summed E-state index contributed by atoms with van der Waals surface area (Å²) in [6.07, 6.45) is 16.3. The average molecular weight is 310 g/mol. The maximum Gasteiger partial charge on any atom is 0.303 e. The summed E-state index contributed by atoms with van der Waals surface area (Å²) in [5, 5.41) is 27.5. The Balaban J connectivity index is 3.58. The molecule has 2 unspecified atom stereocenters. The smallest absolute Gasteiger partial charge is 0.303 e. The summed E-state index contributed by atoms with van der Waals surface area (Å²) < 4.78 is 0. The molecule has 0 aliphatic carbocycles. The molecule has 0 spiro atoms. The van der Waals surface area contributed by atoms with E-state index in [9.17, 15) is 15.0 Å². The summed E-state index contributed by atoms with van der Waals surface area (Å²) >= 11 is 0. The van der Waals surface area contributed by atoms with Crippen molar-refractivity contribution in [1.82, 2.24) is 0 Å². The zero-order valence-corrected chi connectivity index (χ0v) is 13.5. The van der Waals surface area contributed by atoms with Gasteiger partial charge in [0, 0.05) is 6.42 Å². The van der Waals surface area contributed by atoms with Crippen LogP contribution in [0.1, 0.15) is 58.3 Å². The largest absolute Gasteiger partial charge is 0.481 e. The number of hydrogen-bond donors (Lipinski definition) is 3. The normalized spacial score (nSPS) is 15.0. The van der Waals surface area contributed by atoms with Crippen LogP contribution in [0.3, 0.4) is 0 Å². The third-order valence-corrected chi connectivity index (χ3v) is 3.31. The Labute approximate surface area is 133 Å². The topological polar surface area (TPSA) is 77.8 Å². The minimum Gasteiger partial charge on any atom is -0.481 e. The molecule has 0 saturated heterocycles. The summed E-state index contributed by atoms with van der Waals surface area (Å²) in [5.74, 6) is -0.729. The van der Waals surface area contributed by atoms with Gasteiger partial charge in [-0.15, -0.1) is 0 Å². The maximum atomic E-state index is 10.3. The molecule has 0 heterocycles. The highest BCUT2D eigenvalue weighted by Gasteiger charge is 1.99. The first kappa shape index (κ1) is 20.6. The molecule has 0 aliphatic rings. The van der Waals surface area contributed by atoms with Crippen LogP contribution in [0.25, 0.3) is 0 Å². The lowest BCUT2D eigenvalue weighted by atomic mass is 10.1. The van der Waals surface area contributed by atoms with Gasteiger partial charge in [-0.2, -0.15) is 0 Å². The van der Waals surface area contributed by atoms with E-state index in [0.717, 1.165) is 38.5 Å². The van der Waals surface area contributed by atoms with Crippen LogP contribution < -0.4 is 0 Å².